The number of hydrogen-bond acceptors (Lipinski definition) is 4. The number of ether oxygens (including phenoxy) is 1. The van der Waals surface area contributed by atoms with Crippen LogP contribution in [0, 0.1) is 0 Å². The Morgan fingerprint density at radius 1 is 0.920 bits per heavy atom. The third-order valence-electron chi connectivity index (χ3n) is 5.01. The number of benzene rings is 1. The topological polar surface area (TPSA) is 48.9 Å². The van der Waals surface area contributed by atoms with Crippen LogP contribution in [0.3, 0.4) is 0 Å². The number of amides is 2. The molecule has 25 heavy (non-hydrogen) atoms. The monoisotopic (exact) mass is 340 g/mol. The summed E-state index contributed by atoms with van der Waals surface area (Å²) in [5.41, 5.74) is 2.23. The molecule has 132 valence electrons. The van der Waals surface area contributed by atoms with Crippen molar-refractivity contribution in [3.8, 4) is 0 Å². The number of urea groups is 1. The molecule has 6 heteroatoms. The Morgan fingerprint density at radius 3 is 2.60 bits per heavy atom. The first-order valence-electron chi connectivity index (χ1n) is 9.03. The van der Waals surface area contributed by atoms with Gasteiger partial charge in [0.25, 0.3) is 0 Å². The second-order valence-electron chi connectivity index (χ2n) is 6.56. The van der Waals surface area contributed by atoms with E-state index in [-0.39, 0.29) is 6.03 Å². The fraction of sp³-hybridized carbons (Fsp3) is 0.474. The normalized spacial score (nSPS) is 19.1. The molecule has 0 N–H and O–H groups in total. The van der Waals surface area contributed by atoms with E-state index >= 15 is 0 Å². The summed E-state index contributed by atoms with van der Waals surface area (Å²) in [7, 11) is 0. The maximum absolute atomic E-state index is 12.7. The third-order valence-corrected chi connectivity index (χ3v) is 5.01. The number of carbonyl (C=O) groups excluding carboxylic acids is 1. The number of hydrogen-bond donors (Lipinski definition) is 0. The lowest BCUT2D eigenvalue weighted by Gasteiger charge is -2.32. The summed E-state index contributed by atoms with van der Waals surface area (Å²) in [5, 5.41) is 1.18. The van der Waals surface area contributed by atoms with Gasteiger partial charge >= 0.3 is 6.03 Å². The molecule has 2 aromatic rings. The number of anilines is 1. The number of nitrogens with zero attached hydrogens (tertiary/aromatic N) is 4. The molecular formula is C19H24N4O2. The molecule has 0 radical (unpaired) electrons. The van der Waals surface area contributed by atoms with Crippen molar-refractivity contribution in [2.75, 3.05) is 57.4 Å². The first-order chi connectivity index (χ1) is 12.3. The molecule has 3 heterocycles. The highest BCUT2D eigenvalue weighted by molar-refractivity contribution is 5.91. The first kappa shape index (κ1) is 16.1. The van der Waals surface area contributed by atoms with E-state index in [9.17, 15) is 4.79 Å². The van der Waals surface area contributed by atoms with Gasteiger partial charge in [-0.1, -0.05) is 18.2 Å². The third kappa shape index (κ3) is 3.39. The molecule has 1 aromatic heterocycles. The largest absolute Gasteiger partial charge is 0.378 e. The van der Waals surface area contributed by atoms with Crippen molar-refractivity contribution in [2.45, 2.75) is 6.42 Å². The summed E-state index contributed by atoms with van der Waals surface area (Å²) in [6.07, 6.45) is 2.85. The van der Waals surface area contributed by atoms with Gasteiger partial charge in [-0.3, -0.25) is 4.98 Å². The molecule has 2 amide bonds. The average molecular weight is 340 g/mol. The molecule has 2 saturated heterocycles. The van der Waals surface area contributed by atoms with Crippen LogP contribution in [-0.2, 0) is 4.74 Å². The van der Waals surface area contributed by atoms with Gasteiger partial charge < -0.3 is 19.4 Å². The smallest absolute Gasteiger partial charge is 0.320 e. The van der Waals surface area contributed by atoms with E-state index in [2.05, 4.69) is 28.1 Å². The molecular weight excluding hydrogens is 316 g/mol. The van der Waals surface area contributed by atoms with Crippen molar-refractivity contribution in [1.82, 2.24) is 14.8 Å². The van der Waals surface area contributed by atoms with Gasteiger partial charge in [0, 0.05) is 56.5 Å². The van der Waals surface area contributed by atoms with Gasteiger partial charge in [-0.15, -0.1) is 0 Å². The number of morpholine rings is 1. The highest BCUT2D eigenvalue weighted by atomic mass is 16.5. The van der Waals surface area contributed by atoms with Gasteiger partial charge in [-0.2, -0.15) is 0 Å². The van der Waals surface area contributed by atoms with Crippen LogP contribution in [0.15, 0.2) is 36.5 Å². The van der Waals surface area contributed by atoms with Crippen molar-refractivity contribution in [2.24, 2.45) is 0 Å². The Morgan fingerprint density at radius 2 is 1.72 bits per heavy atom. The van der Waals surface area contributed by atoms with Gasteiger partial charge in [-0.25, -0.2) is 4.79 Å². The van der Waals surface area contributed by atoms with Gasteiger partial charge in [-0.05, 0) is 18.6 Å². The lowest BCUT2D eigenvalue weighted by Crippen LogP contribution is -2.49. The van der Waals surface area contributed by atoms with E-state index in [1.165, 1.54) is 11.1 Å². The molecule has 4 rings (SSSR count). The molecule has 2 aliphatic rings. The number of fused-ring (bicyclic) bond motifs is 1. The molecule has 0 spiro atoms. The number of carbonyl (C=O) groups is 1. The average Bonchev–Trinajstić information content (AvgIpc) is 2.94. The second-order valence-corrected chi connectivity index (χ2v) is 6.56. The van der Waals surface area contributed by atoms with Crippen molar-refractivity contribution >= 4 is 22.6 Å². The van der Waals surface area contributed by atoms with Gasteiger partial charge in [0.1, 0.15) is 0 Å². The summed E-state index contributed by atoms with van der Waals surface area (Å²) in [6.45, 7) is 6.08. The molecule has 0 saturated carbocycles. The number of pyridine rings is 1. The van der Waals surface area contributed by atoms with E-state index in [1.54, 1.807) is 0 Å². The molecule has 0 atom stereocenters. The molecule has 0 aliphatic carbocycles. The Bertz CT molecular complexity index is 740. The predicted molar refractivity (Wildman–Crippen MR) is 97.9 cm³/mol. The molecule has 2 fully saturated rings. The summed E-state index contributed by atoms with van der Waals surface area (Å²) >= 11 is 0. The zero-order valence-electron chi connectivity index (χ0n) is 14.4. The maximum atomic E-state index is 12.7. The van der Waals surface area contributed by atoms with E-state index in [0.29, 0.717) is 26.3 Å². The Balaban J connectivity index is 1.48. The lowest BCUT2D eigenvalue weighted by atomic mass is 10.1. The van der Waals surface area contributed by atoms with Crippen molar-refractivity contribution in [3.05, 3.63) is 36.5 Å². The summed E-state index contributed by atoms with van der Waals surface area (Å²) in [6, 6.07) is 10.5. The van der Waals surface area contributed by atoms with E-state index in [0.717, 1.165) is 38.1 Å². The maximum Gasteiger partial charge on any atom is 0.320 e. The van der Waals surface area contributed by atoms with Crippen LogP contribution in [0.2, 0.25) is 0 Å². The van der Waals surface area contributed by atoms with Crippen LogP contribution in [0.25, 0.3) is 10.9 Å². The SMILES string of the molecule is O=C(N1CCOCC1)N1CCCN(c2ccnc3ccccc23)CC1. The zero-order valence-corrected chi connectivity index (χ0v) is 14.4. The quantitative estimate of drug-likeness (QED) is 0.799. The van der Waals surface area contributed by atoms with Crippen LogP contribution >= 0.6 is 0 Å². The molecule has 6 nitrogen and oxygen atoms in total. The Labute approximate surface area is 148 Å². The summed E-state index contributed by atoms with van der Waals surface area (Å²) in [5.74, 6) is 0. The standard InChI is InChI=1S/C19H24N4O2/c24-19(23-12-14-25-15-13-23)22-9-3-8-21(10-11-22)18-6-7-20-17-5-2-1-4-16(17)18/h1-2,4-7H,3,8-15H2. The van der Waals surface area contributed by atoms with Crippen LogP contribution in [0.1, 0.15) is 6.42 Å². The van der Waals surface area contributed by atoms with Crippen LogP contribution < -0.4 is 4.90 Å². The van der Waals surface area contributed by atoms with Crippen LogP contribution in [-0.4, -0.2) is 73.3 Å². The van der Waals surface area contributed by atoms with Gasteiger partial charge in [0.15, 0.2) is 0 Å². The van der Waals surface area contributed by atoms with Crippen molar-refractivity contribution < 1.29 is 9.53 Å². The highest BCUT2D eigenvalue weighted by Gasteiger charge is 2.25. The number of aromatic nitrogens is 1. The first-order valence-corrected chi connectivity index (χ1v) is 9.03. The van der Waals surface area contributed by atoms with E-state index in [1.807, 2.05) is 28.1 Å². The highest BCUT2D eigenvalue weighted by Crippen LogP contribution is 2.26. The van der Waals surface area contributed by atoms with Crippen LogP contribution in [0.4, 0.5) is 10.5 Å². The molecule has 0 unspecified atom stereocenters. The van der Waals surface area contributed by atoms with E-state index in [4.69, 9.17) is 4.74 Å². The van der Waals surface area contributed by atoms with Crippen LogP contribution in [0.5, 0.6) is 0 Å². The van der Waals surface area contributed by atoms with Gasteiger partial charge in [0.05, 0.1) is 18.7 Å². The van der Waals surface area contributed by atoms with E-state index < -0.39 is 0 Å². The number of rotatable bonds is 1. The molecule has 2 aliphatic heterocycles. The molecule has 1 aromatic carbocycles. The minimum absolute atomic E-state index is 0.157. The van der Waals surface area contributed by atoms with Gasteiger partial charge in [0.2, 0.25) is 0 Å². The fourth-order valence-corrected chi connectivity index (χ4v) is 3.66. The second kappa shape index (κ2) is 7.27. The fourth-order valence-electron chi connectivity index (χ4n) is 3.66. The lowest BCUT2D eigenvalue weighted by molar-refractivity contribution is 0.0438. The minimum atomic E-state index is 0.157. The number of para-hydroxylation sites is 1. The Kier molecular flexibility index (Phi) is 4.70. The van der Waals surface area contributed by atoms with Crippen molar-refractivity contribution in [1.29, 1.82) is 0 Å². The predicted octanol–water partition coefficient (Wildman–Crippen LogP) is 2.20. The Hall–Kier alpha value is -2.34. The zero-order chi connectivity index (χ0) is 17.1. The van der Waals surface area contributed by atoms with Crippen molar-refractivity contribution in [3.63, 3.8) is 0 Å². The summed E-state index contributed by atoms with van der Waals surface area (Å²) in [4.78, 5) is 23.5. The minimum Gasteiger partial charge on any atom is -0.378 e. The summed E-state index contributed by atoms with van der Waals surface area (Å²) < 4.78 is 5.35. The molecule has 0 bridgehead atoms.